The third-order valence-electron chi connectivity index (χ3n) is 6.80. The number of amides is 1. The quantitative estimate of drug-likeness (QED) is 0.557. The van der Waals surface area contributed by atoms with E-state index in [2.05, 4.69) is 20.9 Å². The third kappa shape index (κ3) is 4.97. The highest BCUT2D eigenvalue weighted by molar-refractivity contribution is 5.84. The lowest BCUT2D eigenvalue weighted by Gasteiger charge is -2.23. The Balaban J connectivity index is 1.04. The summed E-state index contributed by atoms with van der Waals surface area (Å²) in [6.07, 6.45) is 12.5. The largest absolute Gasteiger partial charge is 0.497 e. The number of carbonyl (C=O) groups excluding carboxylic acids is 1. The number of methoxy groups -OCH3 is 1. The van der Waals surface area contributed by atoms with E-state index in [9.17, 15) is 4.79 Å². The highest BCUT2D eigenvalue weighted by Gasteiger charge is 2.38. The molecule has 10 nitrogen and oxygen atoms in total. The van der Waals surface area contributed by atoms with Crippen LogP contribution in [0.5, 0.6) is 11.6 Å². The predicted octanol–water partition coefficient (Wildman–Crippen LogP) is 3.88. The first-order valence-corrected chi connectivity index (χ1v) is 12.4. The van der Waals surface area contributed by atoms with E-state index in [0.29, 0.717) is 37.2 Å². The lowest BCUT2D eigenvalue weighted by Crippen LogP contribution is -2.35. The number of ether oxygens (including phenoxy) is 5. The second-order valence-electron chi connectivity index (χ2n) is 9.30. The van der Waals surface area contributed by atoms with Gasteiger partial charge >= 0.3 is 6.09 Å². The molecule has 4 aliphatic rings. The molecule has 1 aromatic carbocycles. The Bertz CT molecular complexity index is 1320. The van der Waals surface area contributed by atoms with Gasteiger partial charge in [0.15, 0.2) is 12.0 Å². The average molecular weight is 505 g/mol. The number of likely N-dealkylation sites (tertiary alicyclic amines) is 1. The van der Waals surface area contributed by atoms with Gasteiger partial charge in [0.2, 0.25) is 11.8 Å². The monoisotopic (exact) mass is 504 g/mol. The fourth-order valence-electron chi connectivity index (χ4n) is 4.92. The minimum absolute atomic E-state index is 0.0270. The molecule has 192 valence electrons. The number of aromatic nitrogens is 2. The number of fused-ring (bicyclic) bond motifs is 1. The molecule has 0 bridgehead atoms. The number of cyclic esters (lactones) is 1. The van der Waals surface area contributed by atoms with E-state index in [4.69, 9.17) is 23.7 Å². The Morgan fingerprint density at radius 1 is 1.19 bits per heavy atom. The van der Waals surface area contributed by atoms with Gasteiger partial charge in [0.05, 0.1) is 24.6 Å². The van der Waals surface area contributed by atoms with E-state index in [-0.39, 0.29) is 12.2 Å². The molecule has 3 aliphatic heterocycles. The van der Waals surface area contributed by atoms with E-state index in [1.165, 1.54) is 17.5 Å². The summed E-state index contributed by atoms with van der Waals surface area (Å²) < 4.78 is 28.7. The topological polar surface area (TPSA) is 95.5 Å². The number of rotatable bonds is 7. The number of carbonyl (C=O) groups is 1. The van der Waals surface area contributed by atoms with Crippen LogP contribution in [0.25, 0.3) is 10.9 Å². The summed E-state index contributed by atoms with van der Waals surface area (Å²) in [4.78, 5) is 25.0. The van der Waals surface area contributed by atoms with Crippen molar-refractivity contribution < 1.29 is 28.5 Å². The Morgan fingerprint density at radius 3 is 3.00 bits per heavy atom. The van der Waals surface area contributed by atoms with Crippen LogP contribution in [-0.4, -0.2) is 71.4 Å². The van der Waals surface area contributed by atoms with Gasteiger partial charge in [-0.15, -0.1) is 0 Å². The maximum absolute atomic E-state index is 12.6. The van der Waals surface area contributed by atoms with Crippen molar-refractivity contribution in [3.05, 3.63) is 72.5 Å². The van der Waals surface area contributed by atoms with Gasteiger partial charge in [-0.25, -0.2) is 19.7 Å². The number of nitrogens with zero attached hydrogens (tertiary/aromatic N) is 4. The molecule has 2 saturated heterocycles. The number of allylic oxidation sites excluding steroid dienone is 4. The van der Waals surface area contributed by atoms with Crippen molar-refractivity contribution in [2.24, 2.45) is 0 Å². The normalized spacial score (nSPS) is 23.6. The lowest BCUT2D eigenvalue weighted by atomic mass is 10.0. The molecule has 37 heavy (non-hydrogen) atoms. The van der Waals surface area contributed by atoms with Crippen LogP contribution in [0.2, 0.25) is 0 Å². The van der Waals surface area contributed by atoms with Gasteiger partial charge in [0.1, 0.15) is 30.5 Å². The Morgan fingerprint density at radius 2 is 2.14 bits per heavy atom. The first-order chi connectivity index (χ1) is 18.2. The Kier molecular flexibility index (Phi) is 6.40. The summed E-state index contributed by atoms with van der Waals surface area (Å²) in [5, 5.41) is 0.817. The highest BCUT2D eigenvalue weighted by atomic mass is 16.6. The Hall–Kier alpha value is -4.05. The maximum Gasteiger partial charge on any atom is 0.417 e. The summed E-state index contributed by atoms with van der Waals surface area (Å²) in [7, 11) is 1.63. The third-order valence-corrected chi connectivity index (χ3v) is 6.80. The molecule has 0 radical (unpaired) electrons. The van der Waals surface area contributed by atoms with Crippen LogP contribution in [-0.2, 0) is 14.2 Å². The molecule has 4 heterocycles. The zero-order valence-corrected chi connectivity index (χ0v) is 20.5. The van der Waals surface area contributed by atoms with Crippen LogP contribution < -0.4 is 9.47 Å². The van der Waals surface area contributed by atoms with E-state index in [1.54, 1.807) is 13.4 Å². The molecule has 0 saturated carbocycles. The maximum atomic E-state index is 12.6. The van der Waals surface area contributed by atoms with Crippen LogP contribution >= 0.6 is 0 Å². The fourth-order valence-corrected chi connectivity index (χ4v) is 4.92. The molecule has 2 atom stereocenters. The SMILES string of the molecule is COc1ccc2ncnc(O[C@@H]3CCN(C[C@@H]4CN(C5=COC=C(C6=CC=CCC6)O5)C(=O)O4)C3)c2c1. The van der Waals surface area contributed by atoms with Crippen molar-refractivity contribution in [2.75, 3.05) is 33.3 Å². The number of hydrogen-bond acceptors (Lipinski definition) is 9. The summed E-state index contributed by atoms with van der Waals surface area (Å²) in [6.45, 7) is 2.54. The number of hydrogen-bond donors (Lipinski definition) is 0. The fraction of sp³-hybridized carbons (Fsp3) is 0.370. The molecular formula is C27H28N4O6. The van der Waals surface area contributed by atoms with Crippen LogP contribution in [0.15, 0.2) is 72.5 Å². The molecule has 6 rings (SSSR count). The van der Waals surface area contributed by atoms with E-state index in [0.717, 1.165) is 48.0 Å². The lowest BCUT2D eigenvalue weighted by molar-refractivity contribution is 0.105. The van der Waals surface area contributed by atoms with Crippen LogP contribution in [0.4, 0.5) is 4.79 Å². The average Bonchev–Trinajstić information content (AvgIpc) is 3.54. The summed E-state index contributed by atoms with van der Waals surface area (Å²) >= 11 is 0. The second kappa shape index (κ2) is 10.1. The van der Waals surface area contributed by atoms with Gasteiger partial charge in [-0.1, -0.05) is 18.2 Å². The predicted molar refractivity (Wildman–Crippen MR) is 133 cm³/mol. The van der Waals surface area contributed by atoms with Crippen molar-refractivity contribution in [1.82, 2.24) is 19.8 Å². The first kappa shape index (κ1) is 23.4. The second-order valence-corrected chi connectivity index (χ2v) is 9.30. The van der Waals surface area contributed by atoms with Crippen molar-refractivity contribution in [3.63, 3.8) is 0 Å². The Labute approximate surface area is 214 Å². The van der Waals surface area contributed by atoms with Crippen LogP contribution in [0, 0.1) is 0 Å². The van der Waals surface area contributed by atoms with Crippen molar-refractivity contribution >= 4 is 17.0 Å². The molecule has 0 unspecified atom stereocenters. The van der Waals surface area contributed by atoms with Gasteiger partial charge in [-0.2, -0.15) is 0 Å². The first-order valence-electron chi connectivity index (χ1n) is 12.4. The van der Waals surface area contributed by atoms with Gasteiger partial charge in [0, 0.05) is 19.6 Å². The molecule has 1 aromatic heterocycles. The summed E-state index contributed by atoms with van der Waals surface area (Å²) in [5.74, 6) is 2.23. The van der Waals surface area contributed by atoms with Crippen LogP contribution in [0.3, 0.4) is 0 Å². The van der Waals surface area contributed by atoms with Gasteiger partial charge in [-0.3, -0.25) is 4.90 Å². The molecule has 1 aliphatic carbocycles. The summed E-state index contributed by atoms with van der Waals surface area (Å²) in [6, 6.07) is 5.64. The molecule has 1 amide bonds. The van der Waals surface area contributed by atoms with E-state index >= 15 is 0 Å². The highest BCUT2D eigenvalue weighted by Crippen LogP contribution is 2.31. The van der Waals surface area contributed by atoms with E-state index < -0.39 is 6.09 Å². The zero-order valence-electron chi connectivity index (χ0n) is 20.5. The standard InChI is InChI=1S/C27H28N4O6/c1-33-19-7-8-23-22(11-19)26(29-17-28-23)35-20-9-10-30(12-20)13-21-14-31(27(32)36-21)25-16-34-15-24(37-25)18-5-3-2-4-6-18/h2-3,5,7-8,11,15-17,20-21H,4,6,9-10,12-14H2,1H3/t20-,21-/m1/s1. The molecule has 0 spiro atoms. The zero-order chi connectivity index (χ0) is 25.2. The molecule has 10 heteroatoms. The minimum atomic E-state index is -0.438. The van der Waals surface area contributed by atoms with Crippen LogP contribution in [0.1, 0.15) is 19.3 Å². The number of benzene rings is 1. The van der Waals surface area contributed by atoms with Gasteiger partial charge in [-0.05, 0) is 43.0 Å². The molecular weight excluding hydrogens is 476 g/mol. The van der Waals surface area contributed by atoms with E-state index in [1.807, 2.05) is 30.4 Å². The molecule has 2 fully saturated rings. The van der Waals surface area contributed by atoms with Gasteiger partial charge < -0.3 is 23.7 Å². The molecule has 2 aromatic rings. The van der Waals surface area contributed by atoms with Crippen molar-refractivity contribution in [3.8, 4) is 11.6 Å². The smallest absolute Gasteiger partial charge is 0.417 e. The van der Waals surface area contributed by atoms with Crippen molar-refractivity contribution in [2.45, 2.75) is 31.5 Å². The van der Waals surface area contributed by atoms with Crippen molar-refractivity contribution in [1.29, 1.82) is 0 Å². The minimum Gasteiger partial charge on any atom is -0.497 e. The van der Waals surface area contributed by atoms with Gasteiger partial charge in [0.25, 0.3) is 0 Å². The molecule has 0 N–H and O–H groups in total. The summed E-state index contributed by atoms with van der Waals surface area (Å²) in [5.41, 5.74) is 1.84.